The number of benzene rings is 2. The Kier molecular flexibility index (Phi) is 5.74. The van der Waals surface area contributed by atoms with Gasteiger partial charge in [0.1, 0.15) is 5.75 Å². The van der Waals surface area contributed by atoms with Crippen LogP contribution in [0.4, 0.5) is 13.2 Å². The second kappa shape index (κ2) is 8.00. The van der Waals surface area contributed by atoms with Crippen molar-refractivity contribution >= 4 is 28.4 Å². The van der Waals surface area contributed by atoms with E-state index in [-0.39, 0.29) is 17.7 Å². The molecule has 0 spiro atoms. The molecule has 1 aromatic heterocycles. The molecule has 3 rings (SSSR count). The van der Waals surface area contributed by atoms with E-state index in [1.165, 1.54) is 18.7 Å². The van der Waals surface area contributed by atoms with Gasteiger partial charge in [0.05, 0.1) is 36.0 Å². The maximum atomic E-state index is 12.7. The number of methoxy groups -OCH3 is 1. The van der Waals surface area contributed by atoms with Crippen molar-refractivity contribution in [3.8, 4) is 17.7 Å². The van der Waals surface area contributed by atoms with Crippen molar-refractivity contribution in [2.24, 2.45) is 5.73 Å². The summed E-state index contributed by atoms with van der Waals surface area (Å²) in [6.07, 6.45) is -4.95. The number of halogens is 4. The number of alkyl halides is 3. The third-order valence-electron chi connectivity index (χ3n) is 4.64. The molecule has 0 aliphatic rings. The standard InChI is InChI=1S/C20H16ClF3N4O3/c1-19(9-25,10-28-18(30-2)14-7-11(21)3-6-16(14)27-28)15-8-12(31-20(22,23)24)4-5-13(15)17(26)29/h3-8H,10H2,1-2H3,(H2,26,29). The number of hydrogen-bond donors (Lipinski definition) is 1. The summed E-state index contributed by atoms with van der Waals surface area (Å²) in [5, 5.41) is 15.4. The largest absolute Gasteiger partial charge is 0.573 e. The Morgan fingerprint density at radius 3 is 2.58 bits per heavy atom. The average Bonchev–Trinajstić information content (AvgIpc) is 3.02. The summed E-state index contributed by atoms with van der Waals surface area (Å²) in [5.74, 6) is -1.19. The molecule has 11 heteroatoms. The Hall–Kier alpha value is -3.45. The van der Waals surface area contributed by atoms with E-state index >= 15 is 0 Å². The van der Waals surface area contributed by atoms with Crippen molar-refractivity contribution in [2.45, 2.75) is 25.2 Å². The molecular weight excluding hydrogens is 437 g/mol. The molecule has 7 nitrogen and oxygen atoms in total. The number of fused-ring (bicyclic) bond motifs is 1. The van der Waals surface area contributed by atoms with Crippen molar-refractivity contribution in [1.29, 1.82) is 5.26 Å². The van der Waals surface area contributed by atoms with E-state index in [2.05, 4.69) is 9.84 Å². The predicted molar refractivity (Wildman–Crippen MR) is 106 cm³/mol. The van der Waals surface area contributed by atoms with Crippen LogP contribution in [0.25, 0.3) is 10.9 Å². The van der Waals surface area contributed by atoms with E-state index in [4.69, 9.17) is 22.1 Å². The van der Waals surface area contributed by atoms with Gasteiger partial charge in [0, 0.05) is 10.6 Å². The topological polar surface area (TPSA) is 103 Å². The molecule has 2 aromatic carbocycles. The molecule has 162 valence electrons. The first-order chi connectivity index (χ1) is 14.5. The number of primary amides is 1. The fourth-order valence-corrected chi connectivity index (χ4v) is 3.45. The molecular formula is C20H16ClF3N4O3. The van der Waals surface area contributed by atoms with Crippen molar-refractivity contribution in [2.75, 3.05) is 7.11 Å². The maximum absolute atomic E-state index is 12.7. The van der Waals surface area contributed by atoms with Crippen LogP contribution in [0, 0.1) is 11.3 Å². The molecule has 1 unspecified atom stereocenters. The summed E-state index contributed by atoms with van der Waals surface area (Å²) >= 11 is 6.04. The van der Waals surface area contributed by atoms with Gasteiger partial charge < -0.3 is 15.2 Å². The Labute approximate surface area is 179 Å². The Balaban J connectivity index is 2.14. The number of ether oxygens (including phenoxy) is 2. The molecule has 1 amide bonds. The first kappa shape index (κ1) is 22.2. The Bertz CT molecular complexity index is 1200. The minimum Gasteiger partial charge on any atom is -0.481 e. The third kappa shape index (κ3) is 4.51. The van der Waals surface area contributed by atoms with Crippen LogP contribution in [0.2, 0.25) is 5.02 Å². The lowest BCUT2D eigenvalue weighted by Gasteiger charge is -2.25. The van der Waals surface area contributed by atoms with Gasteiger partial charge in [0.25, 0.3) is 0 Å². The first-order valence-electron chi connectivity index (χ1n) is 8.79. The van der Waals surface area contributed by atoms with Crippen molar-refractivity contribution in [3.63, 3.8) is 0 Å². The lowest BCUT2D eigenvalue weighted by molar-refractivity contribution is -0.274. The number of aromatic nitrogens is 2. The number of nitrogens with zero attached hydrogens (tertiary/aromatic N) is 3. The summed E-state index contributed by atoms with van der Waals surface area (Å²) in [7, 11) is 1.41. The fourth-order valence-electron chi connectivity index (χ4n) is 3.28. The molecule has 2 N–H and O–H groups in total. The van der Waals surface area contributed by atoms with Crippen molar-refractivity contribution in [1.82, 2.24) is 9.78 Å². The lowest BCUT2D eigenvalue weighted by Crippen LogP contribution is -2.31. The van der Waals surface area contributed by atoms with Crippen LogP contribution in [-0.2, 0) is 12.0 Å². The van der Waals surface area contributed by atoms with Crippen molar-refractivity contribution < 1.29 is 27.4 Å². The van der Waals surface area contributed by atoms with E-state index < -0.39 is 23.4 Å². The predicted octanol–water partition coefficient (Wildman–Crippen LogP) is 4.18. The number of carbonyl (C=O) groups is 1. The van der Waals surface area contributed by atoms with Gasteiger partial charge in [-0.3, -0.25) is 4.79 Å². The van der Waals surface area contributed by atoms with Crippen LogP contribution in [-0.4, -0.2) is 29.2 Å². The minimum atomic E-state index is -4.95. The molecule has 0 saturated heterocycles. The maximum Gasteiger partial charge on any atom is 0.573 e. The van der Waals surface area contributed by atoms with E-state index in [0.29, 0.717) is 21.8 Å². The van der Waals surface area contributed by atoms with Gasteiger partial charge in [-0.2, -0.15) is 10.4 Å². The van der Waals surface area contributed by atoms with Crippen LogP contribution in [0.1, 0.15) is 22.8 Å². The van der Waals surface area contributed by atoms with Crippen LogP contribution in [0.5, 0.6) is 11.6 Å². The summed E-state index contributed by atoms with van der Waals surface area (Å²) in [4.78, 5) is 11.9. The molecule has 3 aromatic rings. The highest BCUT2D eigenvalue weighted by Gasteiger charge is 2.36. The van der Waals surface area contributed by atoms with Gasteiger partial charge in [-0.25, -0.2) is 4.68 Å². The second-order valence-corrected chi connectivity index (χ2v) is 7.33. The van der Waals surface area contributed by atoms with Gasteiger partial charge in [-0.05, 0) is 48.9 Å². The van der Waals surface area contributed by atoms with Gasteiger partial charge in [-0.1, -0.05) is 11.6 Å². The van der Waals surface area contributed by atoms with Gasteiger partial charge in [-0.15, -0.1) is 13.2 Å². The summed E-state index contributed by atoms with van der Waals surface area (Å²) in [6.45, 7) is 1.29. The zero-order valence-electron chi connectivity index (χ0n) is 16.3. The molecule has 1 atom stereocenters. The second-order valence-electron chi connectivity index (χ2n) is 6.89. The molecule has 0 aliphatic heterocycles. The molecule has 0 bridgehead atoms. The smallest absolute Gasteiger partial charge is 0.481 e. The molecule has 1 heterocycles. The molecule has 0 aliphatic carbocycles. The molecule has 31 heavy (non-hydrogen) atoms. The Morgan fingerprint density at radius 1 is 1.29 bits per heavy atom. The SMILES string of the molecule is COc1c2cc(Cl)ccc2nn1CC(C)(C#N)c1cc(OC(F)(F)F)ccc1C(N)=O. The fraction of sp³-hybridized carbons (Fsp3) is 0.250. The Morgan fingerprint density at radius 2 is 2.00 bits per heavy atom. The van der Waals surface area contributed by atoms with Crippen LogP contribution in [0.15, 0.2) is 36.4 Å². The lowest BCUT2D eigenvalue weighted by atomic mass is 9.80. The van der Waals surface area contributed by atoms with E-state index in [0.717, 1.165) is 18.2 Å². The highest BCUT2D eigenvalue weighted by molar-refractivity contribution is 6.31. The van der Waals surface area contributed by atoms with E-state index in [1.807, 2.05) is 6.07 Å². The number of nitriles is 1. The number of rotatable bonds is 6. The van der Waals surface area contributed by atoms with Crippen LogP contribution >= 0.6 is 11.6 Å². The normalized spacial score (nSPS) is 13.5. The molecule has 0 fully saturated rings. The van der Waals surface area contributed by atoms with E-state index in [9.17, 15) is 23.2 Å². The zero-order valence-corrected chi connectivity index (χ0v) is 17.1. The summed E-state index contributed by atoms with van der Waals surface area (Å²) in [6, 6.07) is 10.00. The van der Waals surface area contributed by atoms with Crippen molar-refractivity contribution in [3.05, 3.63) is 52.5 Å². The van der Waals surface area contributed by atoms with Gasteiger partial charge >= 0.3 is 6.36 Å². The third-order valence-corrected chi connectivity index (χ3v) is 4.88. The first-order valence-corrected chi connectivity index (χ1v) is 9.16. The summed E-state index contributed by atoms with van der Waals surface area (Å²) < 4.78 is 48.8. The van der Waals surface area contributed by atoms with Gasteiger partial charge in [0.2, 0.25) is 11.8 Å². The van der Waals surface area contributed by atoms with Crippen LogP contribution in [0.3, 0.4) is 0 Å². The summed E-state index contributed by atoms with van der Waals surface area (Å²) in [5.41, 5.74) is 4.26. The number of carbonyl (C=O) groups excluding carboxylic acids is 1. The highest BCUT2D eigenvalue weighted by atomic mass is 35.5. The monoisotopic (exact) mass is 452 g/mol. The minimum absolute atomic E-state index is 0.0381. The van der Waals surface area contributed by atoms with E-state index in [1.54, 1.807) is 18.2 Å². The average molecular weight is 453 g/mol. The molecule has 0 saturated carbocycles. The zero-order chi connectivity index (χ0) is 23.0. The highest BCUT2D eigenvalue weighted by Crippen LogP contribution is 2.36. The van der Waals surface area contributed by atoms with Crippen LogP contribution < -0.4 is 15.2 Å². The number of amides is 1. The molecule has 0 radical (unpaired) electrons. The quantitative estimate of drug-likeness (QED) is 0.604. The van der Waals surface area contributed by atoms with Gasteiger partial charge in [0.15, 0.2) is 0 Å². The number of hydrogen-bond acceptors (Lipinski definition) is 5. The number of nitrogens with two attached hydrogens (primary N) is 1.